The average Bonchev–Trinajstić information content (AvgIpc) is 3.41. The van der Waals surface area contributed by atoms with Crippen molar-refractivity contribution in [2.45, 2.75) is 96.3 Å². The first-order valence-corrected chi connectivity index (χ1v) is 15.1. The van der Waals surface area contributed by atoms with Crippen molar-refractivity contribution >= 4 is 17.9 Å². The standard InChI is InChI=1S/C32H40O11/c1-7-15(2)26(35)41-24-22-25-31(42-25)17(8-10-28(3)18(31)12-21(34)40-23(28)16-9-11-39-14-16)30(5)19(13-20(33)38-6)29(24,4)27(36)43-32(22,30)37/h7,9,11,14,17-19,22-25,27,36-37H,8,10,12-13H2,1-6H3/b15-7+/t17-,18-,19+,22-,23+,24-,25-,27-,28-,29+,30-,31-,32-/m1/s1. The lowest BCUT2D eigenvalue weighted by Crippen LogP contribution is -2.85. The van der Waals surface area contributed by atoms with Crippen LogP contribution in [0.5, 0.6) is 0 Å². The summed E-state index contributed by atoms with van der Waals surface area (Å²) in [4.78, 5) is 39.5. The average molecular weight is 601 g/mol. The highest BCUT2D eigenvalue weighted by molar-refractivity contribution is 5.87. The molecule has 4 bridgehead atoms. The van der Waals surface area contributed by atoms with Crippen molar-refractivity contribution in [1.29, 1.82) is 0 Å². The molecule has 13 atom stereocenters. The first kappa shape index (κ1) is 29.0. The van der Waals surface area contributed by atoms with Crippen molar-refractivity contribution in [2.75, 3.05) is 7.11 Å². The van der Waals surface area contributed by atoms with E-state index in [9.17, 15) is 24.6 Å². The summed E-state index contributed by atoms with van der Waals surface area (Å²) in [5, 5.41) is 24.2. The van der Waals surface area contributed by atoms with Gasteiger partial charge in [0.25, 0.3) is 0 Å². The highest BCUT2D eigenvalue weighted by atomic mass is 16.7. The fourth-order valence-electron chi connectivity index (χ4n) is 10.5. The summed E-state index contributed by atoms with van der Waals surface area (Å²) in [6.07, 6.45) is 2.19. The Morgan fingerprint density at radius 3 is 2.58 bits per heavy atom. The number of ether oxygens (including phenoxy) is 5. The van der Waals surface area contributed by atoms with Crippen molar-refractivity contribution in [3.8, 4) is 0 Å². The zero-order chi connectivity index (χ0) is 30.9. The van der Waals surface area contributed by atoms with E-state index in [4.69, 9.17) is 28.1 Å². The number of hydrogen-bond acceptors (Lipinski definition) is 11. The number of aliphatic hydroxyl groups is 2. The summed E-state index contributed by atoms with van der Waals surface area (Å²) in [5.74, 6) is -5.74. The van der Waals surface area contributed by atoms with Gasteiger partial charge in [-0.15, -0.1) is 0 Å². The second kappa shape index (κ2) is 8.93. The van der Waals surface area contributed by atoms with Crippen LogP contribution in [0, 0.1) is 39.9 Å². The predicted molar refractivity (Wildman–Crippen MR) is 145 cm³/mol. The molecule has 3 aliphatic carbocycles. The van der Waals surface area contributed by atoms with E-state index in [0.717, 1.165) is 5.56 Å². The maximum atomic E-state index is 13.3. The SMILES string of the molecule is C/C=C(\C)C(=O)O[C@@H]1[C@@H]2[C@H]3O[C@]34[C@@H]3CC(=O)O[C@@H](c5ccoc5)[C@]3(C)CC[C@@H]4[C@]3(C)[C@@H](CC(=O)OC)[C@]1(C)[C@H](O)O[C@]23O. The lowest BCUT2D eigenvalue weighted by atomic mass is 9.34. The molecule has 2 N–H and O–H groups in total. The molecule has 0 radical (unpaired) electrons. The molecule has 0 unspecified atom stereocenters. The number of epoxide rings is 1. The van der Waals surface area contributed by atoms with Gasteiger partial charge in [-0.05, 0) is 38.7 Å². The Morgan fingerprint density at radius 2 is 1.93 bits per heavy atom. The molecule has 4 aliphatic heterocycles. The maximum absolute atomic E-state index is 13.3. The van der Waals surface area contributed by atoms with Gasteiger partial charge in [-0.2, -0.15) is 0 Å². The normalized spacial score (nSPS) is 51.0. The number of methoxy groups -OCH3 is 1. The third kappa shape index (κ3) is 3.26. The van der Waals surface area contributed by atoms with Crippen LogP contribution in [0.25, 0.3) is 0 Å². The summed E-state index contributed by atoms with van der Waals surface area (Å²) < 4.78 is 35.6. The van der Waals surface area contributed by atoms with Gasteiger partial charge < -0.3 is 38.3 Å². The number of carbonyl (C=O) groups excluding carboxylic acids is 3. The van der Waals surface area contributed by atoms with Gasteiger partial charge in [-0.1, -0.05) is 26.8 Å². The van der Waals surface area contributed by atoms with Crippen LogP contribution in [0.1, 0.15) is 72.0 Å². The van der Waals surface area contributed by atoms with Crippen molar-refractivity contribution in [3.63, 3.8) is 0 Å². The highest BCUT2D eigenvalue weighted by Gasteiger charge is 2.92. The van der Waals surface area contributed by atoms with Crippen molar-refractivity contribution in [2.24, 2.45) is 39.9 Å². The Hall–Kier alpha value is -2.73. The minimum atomic E-state index is -2.00. The molecule has 234 valence electrons. The van der Waals surface area contributed by atoms with Crippen molar-refractivity contribution in [3.05, 3.63) is 35.8 Å². The molecule has 3 saturated carbocycles. The van der Waals surface area contributed by atoms with Crippen LogP contribution in [-0.2, 0) is 38.1 Å². The number of allylic oxidation sites excluding steroid dienone is 1. The zero-order valence-corrected chi connectivity index (χ0v) is 25.3. The number of cyclic esters (lactones) is 1. The molecule has 8 rings (SSSR count). The Morgan fingerprint density at radius 1 is 1.19 bits per heavy atom. The topological polar surface area (TPSA) is 154 Å². The number of hydrogen-bond donors (Lipinski definition) is 2. The van der Waals surface area contributed by atoms with Crippen molar-refractivity contribution < 1.29 is 52.7 Å². The number of carbonyl (C=O) groups is 3. The van der Waals surface area contributed by atoms with E-state index in [1.807, 2.05) is 6.92 Å². The summed E-state index contributed by atoms with van der Waals surface area (Å²) in [5.41, 5.74) is -2.71. The van der Waals surface area contributed by atoms with E-state index in [1.165, 1.54) is 7.11 Å². The highest BCUT2D eigenvalue weighted by Crippen LogP contribution is 2.82. The fraction of sp³-hybridized carbons (Fsp3) is 0.719. The van der Waals surface area contributed by atoms with Crippen molar-refractivity contribution in [1.82, 2.24) is 0 Å². The minimum Gasteiger partial charge on any atom is -0.472 e. The molecular weight excluding hydrogens is 560 g/mol. The molecule has 7 aliphatic rings. The van der Waals surface area contributed by atoms with Crippen LogP contribution >= 0.6 is 0 Å². The molecule has 11 heteroatoms. The number of furan rings is 1. The second-order valence-electron chi connectivity index (χ2n) is 14.1. The van der Waals surface area contributed by atoms with Crippen LogP contribution in [0.2, 0.25) is 0 Å². The van der Waals surface area contributed by atoms with E-state index >= 15 is 0 Å². The Bertz CT molecular complexity index is 1400. The Labute approximate surface area is 249 Å². The Balaban J connectivity index is 1.41. The number of esters is 3. The molecule has 0 aromatic carbocycles. The van der Waals surface area contributed by atoms with E-state index in [2.05, 4.69) is 6.92 Å². The molecule has 7 fully saturated rings. The van der Waals surface area contributed by atoms with Crippen LogP contribution < -0.4 is 0 Å². The molecule has 1 aromatic rings. The number of rotatable bonds is 5. The summed E-state index contributed by atoms with van der Waals surface area (Å²) in [6.45, 7) is 9.12. The lowest BCUT2D eigenvalue weighted by molar-refractivity contribution is -0.494. The monoisotopic (exact) mass is 600 g/mol. The summed E-state index contributed by atoms with van der Waals surface area (Å²) in [6, 6.07) is 1.81. The molecule has 0 amide bonds. The molecule has 11 nitrogen and oxygen atoms in total. The van der Waals surface area contributed by atoms with Crippen LogP contribution in [0.15, 0.2) is 34.7 Å². The molecule has 4 saturated heterocycles. The third-order valence-electron chi connectivity index (χ3n) is 12.7. The van der Waals surface area contributed by atoms with E-state index in [1.54, 1.807) is 45.4 Å². The van der Waals surface area contributed by atoms with Gasteiger partial charge in [0.15, 0.2) is 12.1 Å². The van der Waals surface area contributed by atoms with E-state index in [0.29, 0.717) is 18.4 Å². The van der Waals surface area contributed by atoms with Gasteiger partial charge >= 0.3 is 17.9 Å². The van der Waals surface area contributed by atoms with Crippen LogP contribution in [0.3, 0.4) is 0 Å². The zero-order valence-electron chi connectivity index (χ0n) is 25.3. The Kier molecular flexibility index (Phi) is 6.02. The van der Waals surface area contributed by atoms with Crippen LogP contribution in [0.4, 0.5) is 0 Å². The smallest absolute Gasteiger partial charge is 0.333 e. The molecule has 1 aromatic heterocycles. The van der Waals surface area contributed by atoms with Gasteiger partial charge in [0, 0.05) is 40.2 Å². The lowest BCUT2D eigenvalue weighted by Gasteiger charge is -2.75. The first-order chi connectivity index (χ1) is 20.2. The summed E-state index contributed by atoms with van der Waals surface area (Å²) in [7, 11) is 1.30. The molecule has 43 heavy (non-hydrogen) atoms. The minimum absolute atomic E-state index is 0.115. The maximum Gasteiger partial charge on any atom is 0.333 e. The van der Waals surface area contributed by atoms with E-state index < -0.39 is 76.0 Å². The first-order valence-electron chi connectivity index (χ1n) is 15.1. The predicted octanol–water partition coefficient (Wildman–Crippen LogP) is 3.19. The van der Waals surface area contributed by atoms with Gasteiger partial charge in [0.2, 0.25) is 0 Å². The molecule has 5 heterocycles. The summed E-state index contributed by atoms with van der Waals surface area (Å²) >= 11 is 0. The number of fused-ring (bicyclic) bond motifs is 2. The largest absolute Gasteiger partial charge is 0.472 e. The van der Waals surface area contributed by atoms with Gasteiger partial charge in [-0.3, -0.25) is 9.59 Å². The van der Waals surface area contributed by atoms with Gasteiger partial charge in [0.1, 0.15) is 17.8 Å². The van der Waals surface area contributed by atoms with Gasteiger partial charge in [-0.25, -0.2) is 4.79 Å². The fourth-order valence-corrected chi connectivity index (χ4v) is 10.5. The van der Waals surface area contributed by atoms with Gasteiger partial charge in [0.05, 0.1) is 43.5 Å². The molecule has 1 spiro atoms. The number of aliphatic hydroxyl groups excluding tert-OH is 1. The third-order valence-corrected chi connectivity index (χ3v) is 12.7. The second-order valence-corrected chi connectivity index (χ2v) is 14.1. The quantitative estimate of drug-likeness (QED) is 0.222. The van der Waals surface area contributed by atoms with E-state index in [-0.39, 0.29) is 30.6 Å². The van der Waals surface area contributed by atoms with Crippen LogP contribution in [-0.4, -0.2) is 65.1 Å². The molecular formula is C32H40O11.